The molecular formula is C23H28O6. The fraction of sp³-hybridized carbons (Fsp3) is 0.348. The molecule has 0 amide bonds. The van der Waals surface area contributed by atoms with Gasteiger partial charge in [-0.25, -0.2) is 4.79 Å². The van der Waals surface area contributed by atoms with Crippen molar-refractivity contribution in [3.63, 3.8) is 0 Å². The maximum atomic E-state index is 12.3. The molecule has 0 aliphatic heterocycles. The maximum absolute atomic E-state index is 12.3. The molecule has 0 aliphatic carbocycles. The first-order valence-corrected chi connectivity index (χ1v) is 9.64. The van der Waals surface area contributed by atoms with Gasteiger partial charge in [0.05, 0.1) is 13.2 Å². The van der Waals surface area contributed by atoms with Gasteiger partial charge in [0.1, 0.15) is 5.75 Å². The standard InChI is InChI=1S/C23H28O6/c1-5-21(24)29-23(26-7-3,27-8-4)22(25-6-2,19-15-11-9-12-16-19)28-20-17-13-10-14-18-20/h5,9-18H,1,6-8H2,2-4H3. The highest BCUT2D eigenvalue weighted by molar-refractivity contribution is 5.81. The summed E-state index contributed by atoms with van der Waals surface area (Å²) < 4.78 is 30.0. The van der Waals surface area contributed by atoms with E-state index in [2.05, 4.69) is 6.58 Å². The Morgan fingerprint density at radius 3 is 1.86 bits per heavy atom. The molecule has 0 saturated heterocycles. The Labute approximate surface area is 172 Å². The minimum absolute atomic E-state index is 0.171. The molecule has 0 aromatic heterocycles. The van der Waals surface area contributed by atoms with Crippen molar-refractivity contribution < 1.29 is 28.5 Å². The van der Waals surface area contributed by atoms with Crippen molar-refractivity contribution >= 4 is 5.97 Å². The van der Waals surface area contributed by atoms with Crippen LogP contribution in [-0.4, -0.2) is 31.8 Å². The summed E-state index contributed by atoms with van der Waals surface area (Å²) in [5.41, 5.74) is 0.560. The second-order valence-corrected chi connectivity index (χ2v) is 5.88. The van der Waals surface area contributed by atoms with Crippen LogP contribution in [-0.2, 0) is 29.5 Å². The summed E-state index contributed by atoms with van der Waals surface area (Å²) in [6, 6.07) is 18.2. The van der Waals surface area contributed by atoms with Gasteiger partial charge in [0.2, 0.25) is 0 Å². The number of esters is 1. The van der Waals surface area contributed by atoms with E-state index in [1.807, 2.05) is 43.3 Å². The maximum Gasteiger partial charge on any atom is 0.404 e. The largest absolute Gasteiger partial charge is 0.449 e. The molecule has 156 valence electrons. The van der Waals surface area contributed by atoms with Crippen molar-refractivity contribution in [3.8, 4) is 5.75 Å². The van der Waals surface area contributed by atoms with Gasteiger partial charge in [-0.2, -0.15) is 0 Å². The summed E-state index contributed by atoms with van der Waals surface area (Å²) >= 11 is 0. The van der Waals surface area contributed by atoms with E-state index in [0.717, 1.165) is 6.08 Å². The number of ether oxygens (including phenoxy) is 5. The van der Waals surface area contributed by atoms with E-state index in [-0.39, 0.29) is 19.8 Å². The lowest BCUT2D eigenvalue weighted by molar-refractivity contribution is -0.475. The van der Waals surface area contributed by atoms with Crippen molar-refractivity contribution in [2.24, 2.45) is 0 Å². The summed E-state index contributed by atoms with van der Waals surface area (Å²) in [6.07, 6.45) is 1.04. The normalized spacial score (nSPS) is 13.3. The van der Waals surface area contributed by atoms with Gasteiger partial charge in [0.15, 0.2) is 0 Å². The summed E-state index contributed by atoms with van der Waals surface area (Å²) in [4.78, 5) is 12.3. The molecular weight excluding hydrogens is 372 g/mol. The molecule has 0 bridgehead atoms. The quantitative estimate of drug-likeness (QED) is 0.299. The molecule has 1 unspecified atom stereocenters. The van der Waals surface area contributed by atoms with E-state index in [1.165, 1.54) is 0 Å². The van der Waals surface area contributed by atoms with Crippen molar-refractivity contribution in [1.29, 1.82) is 0 Å². The third-order valence-corrected chi connectivity index (χ3v) is 3.98. The molecule has 2 aromatic carbocycles. The van der Waals surface area contributed by atoms with Crippen LogP contribution in [0.25, 0.3) is 0 Å². The second-order valence-electron chi connectivity index (χ2n) is 5.88. The Kier molecular flexibility index (Phi) is 8.39. The average Bonchev–Trinajstić information content (AvgIpc) is 2.75. The van der Waals surface area contributed by atoms with Crippen LogP contribution in [0.2, 0.25) is 0 Å². The van der Waals surface area contributed by atoms with Crippen LogP contribution in [0, 0.1) is 0 Å². The van der Waals surface area contributed by atoms with Gasteiger partial charge in [-0.3, -0.25) is 0 Å². The lowest BCUT2D eigenvalue weighted by Crippen LogP contribution is -2.62. The topological polar surface area (TPSA) is 63.2 Å². The average molecular weight is 400 g/mol. The number of rotatable bonds is 12. The van der Waals surface area contributed by atoms with Gasteiger partial charge in [-0.15, -0.1) is 0 Å². The highest BCUT2D eigenvalue weighted by atomic mass is 16.9. The molecule has 6 nitrogen and oxygen atoms in total. The van der Waals surface area contributed by atoms with Crippen molar-refractivity contribution in [3.05, 3.63) is 78.9 Å². The zero-order valence-corrected chi connectivity index (χ0v) is 17.1. The van der Waals surface area contributed by atoms with Gasteiger partial charge in [0.25, 0.3) is 0 Å². The van der Waals surface area contributed by atoms with Gasteiger partial charge >= 0.3 is 17.7 Å². The fourth-order valence-electron chi connectivity index (χ4n) is 2.93. The molecule has 2 aromatic rings. The number of benzene rings is 2. The summed E-state index contributed by atoms with van der Waals surface area (Å²) in [5.74, 6) is -4.00. The SMILES string of the molecule is C=CC(=O)OC(OCC)(OCC)C(OCC)(Oc1ccccc1)c1ccccc1. The minimum Gasteiger partial charge on any atom is -0.449 e. The summed E-state index contributed by atoms with van der Waals surface area (Å²) in [7, 11) is 0. The predicted molar refractivity (Wildman–Crippen MR) is 109 cm³/mol. The van der Waals surface area contributed by atoms with Crippen LogP contribution < -0.4 is 4.74 Å². The third-order valence-electron chi connectivity index (χ3n) is 3.98. The number of carbonyl (C=O) groups excluding carboxylic acids is 1. The first-order chi connectivity index (χ1) is 14.1. The van der Waals surface area contributed by atoms with Crippen LogP contribution in [0.1, 0.15) is 26.3 Å². The van der Waals surface area contributed by atoms with Gasteiger partial charge in [-0.1, -0.05) is 55.1 Å². The molecule has 0 saturated carbocycles. The van der Waals surface area contributed by atoms with E-state index in [0.29, 0.717) is 11.3 Å². The third kappa shape index (κ3) is 5.03. The Balaban J connectivity index is 2.76. The molecule has 0 spiro atoms. The van der Waals surface area contributed by atoms with Gasteiger partial charge < -0.3 is 23.7 Å². The Morgan fingerprint density at radius 2 is 1.38 bits per heavy atom. The minimum atomic E-state index is -2.02. The lowest BCUT2D eigenvalue weighted by Gasteiger charge is -2.46. The molecule has 0 fully saturated rings. The van der Waals surface area contributed by atoms with Crippen LogP contribution >= 0.6 is 0 Å². The zero-order valence-electron chi connectivity index (χ0n) is 17.1. The van der Waals surface area contributed by atoms with Crippen LogP contribution in [0.3, 0.4) is 0 Å². The van der Waals surface area contributed by atoms with Gasteiger partial charge in [0, 0.05) is 18.2 Å². The summed E-state index contributed by atoms with van der Waals surface area (Å²) in [6.45, 7) is 9.39. The van der Waals surface area contributed by atoms with E-state index in [9.17, 15) is 4.79 Å². The van der Waals surface area contributed by atoms with Crippen LogP contribution in [0.4, 0.5) is 0 Å². The van der Waals surface area contributed by atoms with E-state index >= 15 is 0 Å². The van der Waals surface area contributed by atoms with E-state index in [1.54, 1.807) is 38.1 Å². The van der Waals surface area contributed by atoms with E-state index < -0.39 is 17.7 Å². The van der Waals surface area contributed by atoms with Crippen LogP contribution in [0.5, 0.6) is 5.75 Å². The Hall–Kier alpha value is -2.67. The number of hydrogen-bond donors (Lipinski definition) is 0. The Bertz CT molecular complexity index is 755. The molecule has 2 rings (SSSR count). The zero-order chi connectivity index (χ0) is 21.2. The fourth-order valence-corrected chi connectivity index (χ4v) is 2.93. The first-order valence-electron chi connectivity index (χ1n) is 9.64. The molecule has 1 atom stereocenters. The number of hydrogen-bond acceptors (Lipinski definition) is 6. The molecule has 0 heterocycles. The molecule has 6 heteroatoms. The highest BCUT2D eigenvalue weighted by Crippen LogP contribution is 2.43. The van der Waals surface area contributed by atoms with E-state index in [4.69, 9.17) is 23.7 Å². The second kappa shape index (κ2) is 10.8. The van der Waals surface area contributed by atoms with Crippen molar-refractivity contribution in [1.82, 2.24) is 0 Å². The molecule has 0 N–H and O–H groups in total. The number of carbonyl (C=O) groups is 1. The smallest absolute Gasteiger partial charge is 0.404 e. The molecule has 29 heavy (non-hydrogen) atoms. The highest BCUT2D eigenvalue weighted by Gasteiger charge is 2.63. The van der Waals surface area contributed by atoms with Crippen molar-refractivity contribution in [2.45, 2.75) is 32.5 Å². The van der Waals surface area contributed by atoms with Crippen molar-refractivity contribution in [2.75, 3.05) is 19.8 Å². The molecule has 0 aliphatic rings. The van der Waals surface area contributed by atoms with Crippen LogP contribution in [0.15, 0.2) is 73.3 Å². The summed E-state index contributed by atoms with van der Waals surface area (Å²) in [5, 5.41) is 0. The lowest BCUT2D eigenvalue weighted by atomic mass is 10.0. The Morgan fingerprint density at radius 1 is 0.862 bits per heavy atom. The monoisotopic (exact) mass is 400 g/mol. The number of para-hydroxylation sites is 1. The first kappa shape index (κ1) is 22.6. The molecule has 0 radical (unpaired) electrons. The van der Waals surface area contributed by atoms with Gasteiger partial charge in [-0.05, 0) is 32.9 Å². The predicted octanol–water partition coefficient (Wildman–Crippen LogP) is 4.41.